The van der Waals surface area contributed by atoms with Crippen molar-refractivity contribution in [2.45, 2.75) is 25.8 Å². The summed E-state index contributed by atoms with van der Waals surface area (Å²) in [5.41, 5.74) is 0.419. The maximum Gasteiger partial charge on any atom is 0.291 e. The molecule has 2 rings (SSSR count). The zero-order chi connectivity index (χ0) is 18.6. The highest BCUT2D eigenvalue weighted by molar-refractivity contribution is 9.10. The molecule has 0 aliphatic rings. The van der Waals surface area contributed by atoms with E-state index in [1.165, 1.54) is 31.4 Å². The van der Waals surface area contributed by atoms with E-state index in [1.807, 2.05) is 13.8 Å². The average Bonchev–Trinajstić information content (AvgIpc) is 2.57. The summed E-state index contributed by atoms with van der Waals surface area (Å²) in [6.07, 6.45) is 0. The van der Waals surface area contributed by atoms with E-state index in [2.05, 4.69) is 26.2 Å². The molecule has 1 aromatic carbocycles. The predicted octanol–water partition coefficient (Wildman–Crippen LogP) is 3.97. The van der Waals surface area contributed by atoms with Crippen LogP contribution in [0.15, 0.2) is 34.8 Å². The Morgan fingerprint density at radius 2 is 2.08 bits per heavy atom. The number of rotatable bonds is 7. The van der Waals surface area contributed by atoms with Crippen LogP contribution in [0.25, 0.3) is 0 Å². The number of nitrogens with one attached hydrogen (secondary N) is 1. The minimum absolute atomic E-state index is 0.0560. The summed E-state index contributed by atoms with van der Waals surface area (Å²) in [5, 5.41) is 14.5. The highest BCUT2D eigenvalue weighted by atomic mass is 79.9. The standard InChI is InChI=1S/C17H19BrFN3O3/c1-17(2,10-20-9-11-8-12(19)4-5-13(11)18)16-14(22(23)24)6-7-15(21-16)25-3/h4-8,20H,9-10H2,1-3H3. The SMILES string of the molecule is COc1ccc([N+](=O)[O-])c(C(C)(C)CNCc2cc(F)ccc2Br)n1. The topological polar surface area (TPSA) is 77.3 Å². The molecule has 0 unspecified atom stereocenters. The molecule has 134 valence electrons. The summed E-state index contributed by atoms with van der Waals surface area (Å²) >= 11 is 3.38. The molecule has 0 saturated heterocycles. The monoisotopic (exact) mass is 411 g/mol. The molecular formula is C17H19BrFN3O3. The fourth-order valence-electron chi connectivity index (χ4n) is 2.47. The van der Waals surface area contributed by atoms with Gasteiger partial charge in [-0.05, 0) is 23.8 Å². The second-order valence-electron chi connectivity index (χ2n) is 6.20. The quantitative estimate of drug-likeness (QED) is 0.550. The molecule has 2 aromatic rings. The lowest BCUT2D eigenvalue weighted by Crippen LogP contribution is -2.34. The fraction of sp³-hybridized carbons (Fsp3) is 0.353. The zero-order valence-electron chi connectivity index (χ0n) is 14.2. The lowest BCUT2D eigenvalue weighted by molar-refractivity contribution is -0.386. The number of aromatic nitrogens is 1. The van der Waals surface area contributed by atoms with Gasteiger partial charge in [0.25, 0.3) is 5.69 Å². The van der Waals surface area contributed by atoms with Crippen LogP contribution in [0.5, 0.6) is 5.88 Å². The van der Waals surface area contributed by atoms with Gasteiger partial charge in [0.2, 0.25) is 5.88 Å². The number of nitrogens with zero attached hydrogens (tertiary/aromatic N) is 2. The molecule has 0 atom stereocenters. The fourth-order valence-corrected chi connectivity index (χ4v) is 2.85. The summed E-state index contributed by atoms with van der Waals surface area (Å²) in [6.45, 7) is 4.54. The Hall–Kier alpha value is -2.06. The van der Waals surface area contributed by atoms with Crippen molar-refractivity contribution in [3.63, 3.8) is 0 Å². The van der Waals surface area contributed by atoms with Crippen molar-refractivity contribution in [2.75, 3.05) is 13.7 Å². The minimum Gasteiger partial charge on any atom is -0.481 e. The normalized spacial score (nSPS) is 11.4. The first-order valence-corrected chi connectivity index (χ1v) is 8.38. The Morgan fingerprint density at radius 3 is 2.72 bits per heavy atom. The van der Waals surface area contributed by atoms with Crippen molar-refractivity contribution in [1.29, 1.82) is 0 Å². The largest absolute Gasteiger partial charge is 0.481 e. The minimum atomic E-state index is -0.628. The van der Waals surface area contributed by atoms with Crippen LogP contribution in [0.3, 0.4) is 0 Å². The summed E-state index contributed by atoms with van der Waals surface area (Å²) in [5.74, 6) is 0.00547. The maximum atomic E-state index is 13.4. The van der Waals surface area contributed by atoms with Crippen molar-refractivity contribution in [3.8, 4) is 5.88 Å². The van der Waals surface area contributed by atoms with Gasteiger partial charge >= 0.3 is 0 Å². The van der Waals surface area contributed by atoms with Gasteiger partial charge in [-0.25, -0.2) is 9.37 Å². The molecule has 0 aliphatic heterocycles. The second kappa shape index (κ2) is 7.88. The molecule has 0 fully saturated rings. The molecule has 6 nitrogen and oxygen atoms in total. The molecule has 1 heterocycles. The van der Waals surface area contributed by atoms with Crippen molar-refractivity contribution in [1.82, 2.24) is 10.3 Å². The van der Waals surface area contributed by atoms with Crippen LogP contribution in [0.1, 0.15) is 25.1 Å². The highest BCUT2D eigenvalue weighted by Crippen LogP contribution is 2.31. The van der Waals surface area contributed by atoms with Crippen molar-refractivity contribution in [2.24, 2.45) is 0 Å². The van der Waals surface area contributed by atoms with Crippen LogP contribution < -0.4 is 10.1 Å². The van der Waals surface area contributed by atoms with Crippen LogP contribution in [0.4, 0.5) is 10.1 Å². The number of nitro groups is 1. The third kappa shape index (κ3) is 4.73. The molecule has 0 bridgehead atoms. The van der Waals surface area contributed by atoms with E-state index in [-0.39, 0.29) is 11.5 Å². The molecular weight excluding hydrogens is 393 g/mol. The van der Waals surface area contributed by atoms with E-state index in [1.54, 1.807) is 6.07 Å². The van der Waals surface area contributed by atoms with Gasteiger partial charge in [0, 0.05) is 35.1 Å². The van der Waals surface area contributed by atoms with Crippen molar-refractivity contribution >= 4 is 21.6 Å². The first-order valence-electron chi connectivity index (χ1n) is 7.59. The number of halogens is 2. The average molecular weight is 412 g/mol. The lowest BCUT2D eigenvalue weighted by atomic mass is 9.87. The Bertz CT molecular complexity index is 784. The Balaban J connectivity index is 2.18. The van der Waals surface area contributed by atoms with E-state index in [0.29, 0.717) is 24.7 Å². The Kier molecular flexibility index (Phi) is 6.07. The first-order chi connectivity index (χ1) is 11.7. The van der Waals surface area contributed by atoms with Gasteiger partial charge in [-0.2, -0.15) is 0 Å². The van der Waals surface area contributed by atoms with Crippen LogP contribution >= 0.6 is 15.9 Å². The van der Waals surface area contributed by atoms with Crippen LogP contribution in [0.2, 0.25) is 0 Å². The van der Waals surface area contributed by atoms with Gasteiger partial charge in [-0.3, -0.25) is 10.1 Å². The van der Waals surface area contributed by atoms with Crippen molar-refractivity contribution < 1.29 is 14.1 Å². The number of hydrogen-bond donors (Lipinski definition) is 1. The van der Waals surface area contributed by atoms with Gasteiger partial charge in [0.05, 0.1) is 12.0 Å². The first kappa shape index (κ1) is 19.3. The number of hydrogen-bond acceptors (Lipinski definition) is 5. The summed E-state index contributed by atoms with van der Waals surface area (Å²) in [7, 11) is 1.46. The van der Waals surface area contributed by atoms with E-state index >= 15 is 0 Å². The summed E-state index contributed by atoms with van der Waals surface area (Å²) in [6, 6.07) is 7.32. The summed E-state index contributed by atoms with van der Waals surface area (Å²) in [4.78, 5) is 15.1. The predicted molar refractivity (Wildman–Crippen MR) is 96.3 cm³/mol. The molecule has 0 radical (unpaired) electrons. The highest BCUT2D eigenvalue weighted by Gasteiger charge is 2.31. The summed E-state index contributed by atoms with van der Waals surface area (Å²) < 4.78 is 19.2. The van der Waals surface area contributed by atoms with E-state index < -0.39 is 10.3 Å². The molecule has 1 aromatic heterocycles. The number of pyridine rings is 1. The van der Waals surface area contributed by atoms with E-state index in [4.69, 9.17) is 4.74 Å². The Labute approximate surface area is 153 Å². The third-order valence-corrected chi connectivity index (χ3v) is 4.56. The Morgan fingerprint density at radius 1 is 1.36 bits per heavy atom. The number of methoxy groups -OCH3 is 1. The van der Waals surface area contributed by atoms with E-state index in [0.717, 1.165) is 10.0 Å². The molecule has 0 aliphatic carbocycles. The van der Waals surface area contributed by atoms with Gasteiger partial charge in [-0.1, -0.05) is 29.8 Å². The second-order valence-corrected chi connectivity index (χ2v) is 7.06. The van der Waals surface area contributed by atoms with E-state index in [9.17, 15) is 14.5 Å². The van der Waals surface area contributed by atoms with Gasteiger partial charge in [-0.15, -0.1) is 0 Å². The van der Waals surface area contributed by atoms with Crippen LogP contribution in [-0.4, -0.2) is 23.6 Å². The third-order valence-electron chi connectivity index (χ3n) is 3.79. The van der Waals surface area contributed by atoms with Crippen molar-refractivity contribution in [3.05, 3.63) is 62.0 Å². The van der Waals surface area contributed by atoms with Gasteiger partial charge in [0.15, 0.2) is 0 Å². The molecule has 25 heavy (non-hydrogen) atoms. The van der Waals surface area contributed by atoms with Crippen LogP contribution in [0, 0.1) is 15.9 Å². The molecule has 0 saturated carbocycles. The molecule has 8 heteroatoms. The van der Waals surface area contributed by atoms with Gasteiger partial charge < -0.3 is 10.1 Å². The lowest BCUT2D eigenvalue weighted by Gasteiger charge is -2.24. The molecule has 0 amide bonds. The van der Waals surface area contributed by atoms with Crippen LogP contribution in [-0.2, 0) is 12.0 Å². The van der Waals surface area contributed by atoms with Gasteiger partial charge in [0.1, 0.15) is 11.5 Å². The number of ether oxygens (including phenoxy) is 1. The number of benzene rings is 1. The smallest absolute Gasteiger partial charge is 0.291 e. The maximum absolute atomic E-state index is 13.4. The molecule has 1 N–H and O–H groups in total. The molecule has 0 spiro atoms. The zero-order valence-corrected chi connectivity index (χ0v) is 15.8.